The van der Waals surface area contributed by atoms with E-state index in [1.165, 1.54) is 18.3 Å². The standard InChI is InChI=1S/C17H14Cl2N4O3/c18-10-2-3-11(12(19)7-10)14-8-21-17(22-14)15(23(25)26)6-9-1-4-16(24)13(20)5-9/h1-5,7-8,15,24H,6,20H2,(H,21,22)/t15-/m0/s1. The van der Waals surface area contributed by atoms with Crippen molar-refractivity contribution < 1.29 is 10.0 Å². The molecule has 0 saturated heterocycles. The van der Waals surface area contributed by atoms with E-state index in [2.05, 4.69) is 9.97 Å². The number of nitrogens with two attached hydrogens (primary N) is 1. The number of H-pyrrole nitrogens is 1. The first-order valence-electron chi connectivity index (χ1n) is 7.56. The topological polar surface area (TPSA) is 118 Å². The first kappa shape index (κ1) is 18.0. The zero-order valence-corrected chi connectivity index (χ0v) is 14.8. The SMILES string of the molecule is Nc1cc(C[C@@H](c2ncc(-c3ccc(Cl)cc3Cl)[nH]2)[N+](=O)[O-])ccc1O. The van der Waals surface area contributed by atoms with Crippen LogP contribution in [0.2, 0.25) is 10.0 Å². The molecule has 4 N–H and O–H groups in total. The third-order valence-electron chi connectivity index (χ3n) is 3.91. The molecule has 1 heterocycles. The number of imidazole rings is 1. The number of aromatic hydroxyl groups is 1. The monoisotopic (exact) mass is 392 g/mol. The third-order valence-corrected chi connectivity index (χ3v) is 4.46. The highest BCUT2D eigenvalue weighted by Crippen LogP contribution is 2.31. The first-order chi connectivity index (χ1) is 12.3. The molecule has 0 fully saturated rings. The molecule has 26 heavy (non-hydrogen) atoms. The van der Waals surface area contributed by atoms with Crippen LogP contribution in [0.25, 0.3) is 11.3 Å². The summed E-state index contributed by atoms with van der Waals surface area (Å²) in [6, 6.07) is 8.37. The van der Waals surface area contributed by atoms with E-state index in [4.69, 9.17) is 28.9 Å². The van der Waals surface area contributed by atoms with Gasteiger partial charge in [0.2, 0.25) is 0 Å². The molecule has 3 rings (SSSR count). The largest absolute Gasteiger partial charge is 0.506 e. The molecule has 7 nitrogen and oxygen atoms in total. The molecule has 0 radical (unpaired) electrons. The van der Waals surface area contributed by atoms with Crippen molar-refractivity contribution in [2.75, 3.05) is 5.73 Å². The molecule has 0 aliphatic rings. The van der Waals surface area contributed by atoms with Gasteiger partial charge >= 0.3 is 0 Å². The summed E-state index contributed by atoms with van der Waals surface area (Å²) >= 11 is 12.1. The second-order valence-electron chi connectivity index (χ2n) is 5.70. The smallest absolute Gasteiger partial charge is 0.273 e. The number of halogens is 2. The average molecular weight is 393 g/mol. The number of benzene rings is 2. The lowest BCUT2D eigenvalue weighted by molar-refractivity contribution is -0.530. The van der Waals surface area contributed by atoms with Gasteiger partial charge in [-0.2, -0.15) is 0 Å². The Bertz CT molecular complexity index is 974. The average Bonchev–Trinajstić information content (AvgIpc) is 3.04. The van der Waals surface area contributed by atoms with E-state index in [-0.39, 0.29) is 23.7 Å². The molecular weight excluding hydrogens is 379 g/mol. The number of nitrogens with one attached hydrogen (secondary N) is 1. The Labute approximate surface area is 158 Å². The fraction of sp³-hybridized carbons (Fsp3) is 0.118. The number of hydrogen-bond acceptors (Lipinski definition) is 5. The van der Waals surface area contributed by atoms with Gasteiger partial charge in [-0.15, -0.1) is 0 Å². The van der Waals surface area contributed by atoms with Crippen molar-refractivity contribution in [2.24, 2.45) is 0 Å². The molecule has 0 aliphatic heterocycles. The molecule has 0 amide bonds. The molecule has 1 atom stereocenters. The molecule has 0 bridgehead atoms. The van der Waals surface area contributed by atoms with Crippen LogP contribution in [0.4, 0.5) is 5.69 Å². The van der Waals surface area contributed by atoms with Gasteiger partial charge in [-0.1, -0.05) is 29.3 Å². The Kier molecular flexibility index (Phi) is 5.01. The summed E-state index contributed by atoms with van der Waals surface area (Å²) in [5.41, 5.74) is 7.63. The van der Waals surface area contributed by atoms with Gasteiger partial charge in [-0.05, 0) is 35.9 Å². The van der Waals surface area contributed by atoms with Gasteiger partial charge in [0.25, 0.3) is 6.04 Å². The summed E-state index contributed by atoms with van der Waals surface area (Å²) in [6.45, 7) is 0. The summed E-state index contributed by atoms with van der Waals surface area (Å²) in [5, 5.41) is 21.9. The van der Waals surface area contributed by atoms with E-state index in [0.717, 1.165) is 0 Å². The summed E-state index contributed by atoms with van der Waals surface area (Å²) < 4.78 is 0. The molecule has 0 aliphatic carbocycles. The highest BCUT2D eigenvalue weighted by atomic mass is 35.5. The maximum atomic E-state index is 11.5. The Morgan fingerprint density at radius 3 is 2.69 bits per heavy atom. The van der Waals surface area contributed by atoms with Gasteiger partial charge in [0.05, 0.1) is 22.6 Å². The molecule has 3 aromatic rings. The number of nitrogen functional groups attached to an aromatic ring is 1. The molecular formula is C17H14Cl2N4O3. The maximum Gasteiger partial charge on any atom is 0.273 e. The fourth-order valence-electron chi connectivity index (χ4n) is 2.58. The van der Waals surface area contributed by atoms with Gasteiger partial charge in [0.15, 0.2) is 5.82 Å². The van der Waals surface area contributed by atoms with E-state index in [1.54, 1.807) is 24.3 Å². The Morgan fingerprint density at radius 1 is 1.27 bits per heavy atom. The molecule has 2 aromatic carbocycles. The van der Waals surface area contributed by atoms with E-state index >= 15 is 0 Å². The van der Waals surface area contributed by atoms with E-state index < -0.39 is 11.0 Å². The van der Waals surface area contributed by atoms with E-state index in [9.17, 15) is 15.2 Å². The van der Waals surface area contributed by atoms with Gasteiger partial charge in [0, 0.05) is 21.9 Å². The first-order valence-corrected chi connectivity index (χ1v) is 8.32. The molecule has 134 valence electrons. The van der Waals surface area contributed by atoms with Crippen LogP contribution in [0.5, 0.6) is 5.75 Å². The number of aromatic nitrogens is 2. The van der Waals surface area contributed by atoms with Crippen molar-refractivity contribution in [1.82, 2.24) is 9.97 Å². The van der Waals surface area contributed by atoms with E-state index in [0.29, 0.717) is 26.9 Å². The van der Waals surface area contributed by atoms with Crippen LogP contribution in [0.1, 0.15) is 17.4 Å². The van der Waals surface area contributed by atoms with Crippen molar-refractivity contribution >= 4 is 28.9 Å². The zero-order valence-electron chi connectivity index (χ0n) is 13.3. The van der Waals surface area contributed by atoms with Gasteiger partial charge in [-0.3, -0.25) is 10.1 Å². The van der Waals surface area contributed by atoms with Crippen LogP contribution < -0.4 is 5.73 Å². The lowest BCUT2D eigenvalue weighted by Crippen LogP contribution is -2.15. The third kappa shape index (κ3) is 3.74. The van der Waals surface area contributed by atoms with Crippen LogP contribution in [0.3, 0.4) is 0 Å². The van der Waals surface area contributed by atoms with Gasteiger partial charge < -0.3 is 15.8 Å². The van der Waals surface area contributed by atoms with Crippen LogP contribution in [-0.4, -0.2) is 20.0 Å². The zero-order chi connectivity index (χ0) is 18.8. The fourth-order valence-corrected chi connectivity index (χ4v) is 3.09. The highest BCUT2D eigenvalue weighted by molar-refractivity contribution is 6.36. The number of nitro groups is 1. The summed E-state index contributed by atoms with van der Waals surface area (Å²) in [4.78, 5) is 18.2. The summed E-state index contributed by atoms with van der Waals surface area (Å²) in [7, 11) is 0. The van der Waals surface area contributed by atoms with Crippen LogP contribution in [-0.2, 0) is 6.42 Å². The minimum Gasteiger partial charge on any atom is -0.506 e. The number of nitrogens with zero attached hydrogens (tertiary/aromatic N) is 2. The van der Waals surface area contributed by atoms with Crippen molar-refractivity contribution in [3.05, 3.63) is 74.1 Å². The Morgan fingerprint density at radius 2 is 2.04 bits per heavy atom. The summed E-state index contributed by atoms with van der Waals surface area (Å²) in [5.74, 6) is 0.131. The second kappa shape index (κ2) is 7.23. The molecule has 1 aromatic heterocycles. The van der Waals surface area contributed by atoms with Crippen LogP contribution in [0, 0.1) is 10.1 Å². The number of rotatable bonds is 5. The van der Waals surface area contributed by atoms with Gasteiger partial charge in [-0.25, -0.2) is 4.98 Å². The lowest BCUT2D eigenvalue weighted by atomic mass is 10.0. The predicted molar refractivity (Wildman–Crippen MR) is 100 cm³/mol. The predicted octanol–water partition coefficient (Wildman–Crippen LogP) is 4.23. The number of hydrogen-bond donors (Lipinski definition) is 3. The quantitative estimate of drug-likeness (QED) is 0.259. The highest BCUT2D eigenvalue weighted by Gasteiger charge is 2.27. The van der Waals surface area contributed by atoms with Crippen molar-refractivity contribution in [1.29, 1.82) is 0 Å². The summed E-state index contributed by atoms with van der Waals surface area (Å²) in [6.07, 6.45) is 1.56. The molecule has 0 spiro atoms. The number of phenols is 1. The Hall–Kier alpha value is -2.77. The maximum absolute atomic E-state index is 11.5. The van der Waals surface area contributed by atoms with Gasteiger partial charge in [0.1, 0.15) is 5.75 Å². The second-order valence-corrected chi connectivity index (χ2v) is 6.55. The van der Waals surface area contributed by atoms with Crippen molar-refractivity contribution in [2.45, 2.75) is 12.5 Å². The van der Waals surface area contributed by atoms with Crippen molar-refractivity contribution in [3.63, 3.8) is 0 Å². The molecule has 9 heteroatoms. The van der Waals surface area contributed by atoms with E-state index in [1.807, 2.05) is 0 Å². The minimum atomic E-state index is -1.10. The molecule has 0 unspecified atom stereocenters. The number of anilines is 1. The van der Waals surface area contributed by atoms with Crippen LogP contribution in [0.15, 0.2) is 42.6 Å². The van der Waals surface area contributed by atoms with Crippen LogP contribution >= 0.6 is 23.2 Å². The van der Waals surface area contributed by atoms with Crippen molar-refractivity contribution in [3.8, 4) is 17.0 Å². The number of aromatic amines is 1. The minimum absolute atomic E-state index is 0.0657. The Balaban J connectivity index is 1.90. The lowest BCUT2D eigenvalue weighted by Gasteiger charge is -2.08. The number of phenolic OH excluding ortho intramolecular Hbond substituents is 1. The normalized spacial score (nSPS) is 12.1. The molecule has 0 saturated carbocycles.